The smallest absolute Gasteiger partial charge is 0.407 e. The van der Waals surface area contributed by atoms with Crippen molar-refractivity contribution in [1.82, 2.24) is 5.32 Å². The molecule has 7 nitrogen and oxygen atoms in total. The number of esters is 1. The number of hydrogen-bond donors (Lipinski definition) is 2. The van der Waals surface area contributed by atoms with Crippen molar-refractivity contribution in [3.05, 3.63) is 0 Å². The van der Waals surface area contributed by atoms with Crippen LogP contribution in [-0.2, 0) is 19.1 Å². The quantitative estimate of drug-likeness (QED) is 0.713. The topological polar surface area (TPSA) is 102 Å². The van der Waals surface area contributed by atoms with Gasteiger partial charge in [0.1, 0.15) is 11.6 Å². The molecule has 1 unspecified atom stereocenters. The Morgan fingerprint density at radius 1 is 1.28 bits per heavy atom. The standard InChI is InChI=1S/C11H19NO6/c1-11(2,3)18-8(13)6-5-7(9(14)15)12-10(16)17-4/h7H,5-6H2,1-4H3,(H,12,16)(H,14,15). The molecule has 0 aliphatic carbocycles. The van der Waals surface area contributed by atoms with E-state index in [0.717, 1.165) is 7.11 Å². The molecule has 1 atom stereocenters. The van der Waals surface area contributed by atoms with Crippen LogP contribution in [0, 0.1) is 0 Å². The van der Waals surface area contributed by atoms with Crippen LogP contribution in [0.1, 0.15) is 33.6 Å². The minimum atomic E-state index is -1.23. The third-order valence-electron chi connectivity index (χ3n) is 1.83. The van der Waals surface area contributed by atoms with Crippen molar-refractivity contribution < 1.29 is 29.0 Å². The summed E-state index contributed by atoms with van der Waals surface area (Å²) in [6, 6.07) is -1.18. The van der Waals surface area contributed by atoms with E-state index in [1.807, 2.05) is 0 Å². The van der Waals surface area contributed by atoms with Gasteiger partial charge in [-0.15, -0.1) is 0 Å². The highest BCUT2D eigenvalue weighted by atomic mass is 16.6. The van der Waals surface area contributed by atoms with Crippen LogP contribution in [0.5, 0.6) is 0 Å². The van der Waals surface area contributed by atoms with Gasteiger partial charge in [0.15, 0.2) is 0 Å². The van der Waals surface area contributed by atoms with Crippen molar-refractivity contribution in [2.24, 2.45) is 0 Å². The lowest BCUT2D eigenvalue weighted by Gasteiger charge is -2.20. The molecule has 104 valence electrons. The molecule has 0 aliphatic heterocycles. The molecule has 0 aliphatic rings. The van der Waals surface area contributed by atoms with E-state index < -0.39 is 29.7 Å². The van der Waals surface area contributed by atoms with E-state index in [-0.39, 0.29) is 12.8 Å². The third kappa shape index (κ3) is 7.48. The summed E-state index contributed by atoms with van der Waals surface area (Å²) in [4.78, 5) is 33.1. The maximum Gasteiger partial charge on any atom is 0.407 e. The van der Waals surface area contributed by atoms with Crippen molar-refractivity contribution in [3.63, 3.8) is 0 Å². The summed E-state index contributed by atoms with van der Waals surface area (Å²) < 4.78 is 9.31. The van der Waals surface area contributed by atoms with Gasteiger partial charge in [-0.05, 0) is 27.2 Å². The molecule has 18 heavy (non-hydrogen) atoms. The normalized spacial score (nSPS) is 12.4. The molecule has 0 aromatic heterocycles. The molecule has 0 radical (unpaired) electrons. The number of hydrogen-bond acceptors (Lipinski definition) is 5. The molecule has 0 heterocycles. The lowest BCUT2D eigenvalue weighted by atomic mass is 10.1. The first-order chi connectivity index (χ1) is 8.15. The molecule has 0 fully saturated rings. The average molecular weight is 261 g/mol. The van der Waals surface area contributed by atoms with Crippen molar-refractivity contribution in [2.45, 2.75) is 45.3 Å². The van der Waals surface area contributed by atoms with Crippen molar-refractivity contribution in [3.8, 4) is 0 Å². The Kier molecular flexibility index (Phi) is 6.15. The monoisotopic (exact) mass is 261 g/mol. The Balaban J connectivity index is 4.24. The van der Waals surface area contributed by atoms with Gasteiger partial charge < -0.3 is 19.9 Å². The predicted octanol–water partition coefficient (Wildman–Crippen LogP) is 0.917. The Morgan fingerprint density at radius 3 is 2.22 bits per heavy atom. The molecular weight excluding hydrogens is 242 g/mol. The molecule has 0 aromatic rings. The van der Waals surface area contributed by atoms with Gasteiger partial charge in [-0.25, -0.2) is 9.59 Å². The van der Waals surface area contributed by atoms with Gasteiger partial charge in [-0.3, -0.25) is 4.79 Å². The molecule has 0 bridgehead atoms. The van der Waals surface area contributed by atoms with Crippen LogP contribution in [-0.4, -0.2) is 41.9 Å². The summed E-state index contributed by atoms with van der Waals surface area (Å²) in [7, 11) is 1.13. The highest BCUT2D eigenvalue weighted by molar-refractivity contribution is 5.80. The fourth-order valence-corrected chi connectivity index (χ4v) is 1.11. The SMILES string of the molecule is COC(=O)NC(CCC(=O)OC(C)(C)C)C(=O)O. The minimum Gasteiger partial charge on any atom is -0.480 e. The van der Waals surface area contributed by atoms with E-state index in [4.69, 9.17) is 9.84 Å². The lowest BCUT2D eigenvalue weighted by Crippen LogP contribution is -2.41. The van der Waals surface area contributed by atoms with Crippen LogP contribution in [0.25, 0.3) is 0 Å². The summed E-state index contributed by atoms with van der Waals surface area (Å²) >= 11 is 0. The number of methoxy groups -OCH3 is 1. The Hall–Kier alpha value is -1.79. The number of aliphatic carboxylic acids is 1. The van der Waals surface area contributed by atoms with Crippen LogP contribution in [0.4, 0.5) is 4.79 Å². The average Bonchev–Trinajstić information content (AvgIpc) is 2.20. The Morgan fingerprint density at radius 2 is 1.83 bits per heavy atom. The first-order valence-corrected chi connectivity index (χ1v) is 5.45. The molecule has 1 amide bonds. The first kappa shape index (κ1) is 16.2. The maximum atomic E-state index is 11.4. The van der Waals surface area contributed by atoms with Crippen molar-refractivity contribution in [1.29, 1.82) is 0 Å². The molecule has 0 aromatic carbocycles. The van der Waals surface area contributed by atoms with Crippen LogP contribution >= 0.6 is 0 Å². The Labute approximate surface area is 105 Å². The second-order valence-corrected chi connectivity index (χ2v) is 4.65. The number of amides is 1. The van der Waals surface area contributed by atoms with Gasteiger partial charge in [0, 0.05) is 6.42 Å². The zero-order chi connectivity index (χ0) is 14.3. The third-order valence-corrected chi connectivity index (χ3v) is 1.83. The van der Waals surface area contributed by atoms with Crippen LogP contribution in [0.3, 0.4) is 0 Å². The van der Waals surface area contributed by atoms with E-state index in [9.17, 15) is 14.4 Å². The molecule has 0 saturated carbocycles. The largest absolute Gasteiger partial charge is 0.480 e. The van der Waals surface area contributed by atoms with E-state index in [1.165, 1.54) is 0 Å². The van der Waals surface area contributed by atoms with Gasteiger partial charge in [-0.2, -0.15) is 0 Å². The Bertz CT molecular complexity index is 320. The molecule has 0 saturated heterocycles. The van der Waals surface area contributed by atoms with E-state index in [0.29, 0.717) is 0 Å². The number of carbonyl (C=O) groups is 3. The second kappa shape index (κ2) is 6.83. The van der Waals surface area contributed by atoms with Crippen molar-refractivity contribution >= 4 is 18.0 Å². The van der Waals surface area contributed by atoms with Crippen LogP contribution in [0.15, 0.2) is 0 Å². The van der Waals surface area contributed by atoms with Gasteiger partial charge in [0.05, 0.1) is 7.11 Å². The number of carboxylic acids is 1. The molecular formula is C11H19NO6. The number of rotatable bonds is 5. The maximum absolute atomic E-state index is 11.4. The van der Waals surface area contributed by atoms with Crippen LogP contribution in [0.2, 0.25) is 0 Å². The van der Waals surface area contributed by atoms with Gasteiger partial charge in [0.25, 0.3) is 0 Å². The summed E-state index contributed by atoms with van der Waals surface area (Å²) in [5.41, 5.74) is -0.619. The zero-order valence-corrected chi connectivity index (χ0v) is 11.0. The summed E-state index contributed by atoms with van der Waals surface area (Å²) in [5.74, 6) is -1.75. The summed E-state index contributed by atoms with van der Waals surface area (Å²) in [6.45, 7) is 5.14. The fourth-order valence-electron chi connectivity index (χ4n) is 1.11. The second-order valence-electron chi connectivity index (χ2n) is 4.65. The predicted molar refractivity (Wildman–Crippen MR) is 62.0 cm³/mol. The zero-order valence-electron chi connectivity index (χ0n) is 11.0. The fraction of sp³-hybridized carbons (Fsp3) is 0.727. The molecule has 7 heteroatoms. The number of nitrogens with one attached hydrogen (secondary N) is 1. The highest BCUT2D eigenvalue weighted by Crippen LogP contribution is 2.10. The summed E-state index contributed by atoms with van der Waals surface area (Å²) in [5, 5.41) is 11.0. The minimum absolute atomic E-state index is 0.0562. The van der Waals surface area contributed by atoms with Gasteiger partial charge in [-0.1, -0.05) is 0 Å². The highest BCUT2D eigenvalue weighted by Gasteiger charge is 2.23. The number of ether oxygens (including phenoxy) is 2. The van der Waals surface area contributed by atoms with E-state index >= 15 is 0 Å². The number of carboxylic acid groups (broad SMARTS) is 1. The van der Waals surface area contributed by atoms with Crippen LogP contribution < -0.4 is 5.32 Å². The first-order valence-electron chi connectivity index (χ1n) is 5.45. The number of carbonyl (C=O) groups excluding carboxylic acids is 2. The van der Waals surface area contributed by atoms with Gasteiger partial charge in [0.2, 0.25) is 0 Å². The van der Waals surface area contributed by atoms with Crippen molar-refractivity contribution in [2.75, 3.05) is 7.11 Å². The lowest BCUT2D eigenvalue weighted by molar-refractivity contribution is -0.155. The van der Waals surface area contributed by atoms with Gasteiger partial charge >= 0.3 is 18.0 Å². The molecule has 2 N–H and O–H groups in total. The number of alkyl carbamates (subject to hydrolysis) is 1. The summed E-state index contributed by atoms with van der Waals surface area (Å²) in [6.07, 6.45) is -1.01. The van der Waals surface area contributed by atoms with E-state index in [1.54, 1.807) is 20.8 Å². The molecule has 0 spiro atoms. The van der Waals surface area contributed by atoms with E-state index in [2.05, 4.69) is 10.1 Å². The molecule has 0 rings (SSSR count).